The quantitative estimate of drug-likeness (QED) is 0.330. The first kappa shape index (κ1) is 13.8. The second-order valence-corrected chi connectivity index (χ2v) is 5.65. The minimum absolute atomic E-state index is 0.00485. The molecule has 0 radical (unpaired) electrons. The summed E-state index contributed by atoms with van der Waals surface area (Å²) in [5.41, 5.74) is 4.84. The van der Waals surface area contributed by atoms with Crippen molar-refractivity contribution in [3.63, 3.8) is 0 Å². The lowest BCUT2D eigenvalue weighted by molar-refractivity contribution is -0.131. The Morgan fingerprint density at radius 3 is 2.89 bits per heavy atom. The van der Waals surface area contributed by atoms with Crippen LogP contribution in [-0.2, 0) is 4.79 Å². The first-order valence-electron chi connectivity index (χ1n) is 6.32. The smallest absolute Gasteiger partial charge is 0.234 e. The zero-order valence-electron chi connectivity index (χ0n) is 10.8. The highest BCUT2D eigenvalue weighted by molar-refractivity contribution is 7.09. The van der Waals surface area contributed by atoms with Gasteiger partial charge in [0.05, 0.1) is 6.04 Å². The van der Waals surface area contributed by atoms with E-state index in [9.17, 15) is 4.79 Å². The van der Waals surface area contributed by atoms with Gasteiger partial charge in [-0.3, -0.25) is 4.79 Å². The Kier molecular flexibility index (Phi) is 4.04. The van der Waals surface area contributed by atoms with Crippen LogP contribution in [0, 0.1) is 5.41 Å². The van der Waals surface area contributed by atoms with Gasteiger partial charge < -0.3 is 16.3 Å². The molecule has 7 heteroatoms. The van der Waals surface area contributed by atoms with Crippen molar-refractivity contribution in [2.45, 2.75) is 38.6 Å². The van der Waals surface area contributed by atoms with Crippen LogP contribution in [0.5, 0.6) is 0 Å². The van der Waals surface area contributed by atoms with Gasteiger partial charge in [0.2, 0.25) is 5.91 Å². The summed E-state index contributed by atoms with van der Waals surface area (Å²) < 4.78 is 0. The molecule has 1 heterocycles. The summed E-state index contributed by atoms with van der Waals surface area (Å²) in [4.78, 5) is 16.6. The van der Waals surface area contributed by atoms with Gasteiger partial charge in [-0.25, -0.2) is 4.98 Å². The van der Waals surface area contributed by atoms with Gasteiger partial charge in [-0.2, -0.15) is 0 Å². The highest BCUT2D eigenvalue weighted by Gasteiger charge is 2.48. The Morgan fingerprint density at radius 1 is 1.74 bits per heavy atom. The van der Waals surface area contributed by atoms with Gasteiger partial charge in [-0.1, -0.05) is 18.5 Å². The van der Waals surface area contributed by atoms with E-state index in [2.05, 4.69) is 15.5 Å². The molecule has 0 aromatic carbocycles. The third-order valence-electron chi connectivity index (χ3n) is 3.70. The molecule has 4 N–H and O–H groups in total. The normalized spacial score (nSPS) is 19.5. The van der Waals surface area contributed by atoms with Crippen molar-refractivity contribution in [1.82, 2.24) is 10.3 Å². The number of nitrogens with two attached hydrogens (primary N) is 1. The second kappa shape index (κ2) is 5.56. The number of amidine groups is 1. The van der Waals surface area contributed by atoms with E-state index in [1.165, 1.54) is 11.3 Å². The van der Waals surface area contributed by atoms with Crippen LogP contribution in [0.3, 0.4) is 0 Å². The molecule has 6 nitrogen and oxygen atoms in total. The van der Waals surface area contributed by atoms with Crippen molar-refractivity contribution >= 4 is 23.1 Å². The number of carbonyl (C=O) groups excluding carboxylic acids is 1. The highest BCUT2D eigenvalue weighted by Crippen LogP contribution is 2.42. The molecule has 1 unspecified atom stereocenters. The molecule has 19 heavy (non-hydrogen) atoms. The van der Waals surface area contributed by atoms with Crippen LogP contribution in [0.2, 0.25) is 0 Å². The Labute approximate surface area is 115 Å². The van der Waals surface area contributed by atoms with Crippen LogP contribution >= 0.6 is 11.3 Å². The Balaban J connectivity index is 2.11. The minimum atomic E-state index is -0.834. The van der Waals surface area contributed by atoms with E-state index in [4.69, 9.17) is 10.9 Å². The van der Waals surface area contributed by atoms with E-state index < -0.39 is 5.41 Å². The van der Waals surface area contributed by atoms with E-state index in [1.54, 1.807) is 6.20 Å². The summed E-state index contributed by atoms with van der Waals surface area (Å²) in [5.74, 6) is -0.165. The monoisotopic (exact) mass is 282 g/mol. The summed E-state index contributed by atoms with van der Waals surface area (Å²) in [6.45, 7) is 1.99. The molecule has 1 fully saturated rings. The van der Waals surface area contributed by atoms with Crippen molar-refractivity contribution < 1.29 is 10.0 Å². The maximum Gasteiger partial charge on any atom is 0.234 e. The molecule has 1 saturated carbocycles. The lowest BCUT2D eigenvalue weighted by Crippen LogP contribution is -2.54. The molecule has 104 valence electrons. The van der Waals surface area contributed by atoms with Gasteiger partial charge in [-0.05, 0) is 19.3 Å². The first-order valence-corrected chi connectivity index (χ1v) is 7.20. The Bertz CT molecular complexity index is 468. The van der Waals surface area contributed by atoms with Crippen LogP contribution in [-0.4, -0.2) is 21.9 Å². The zero-order valence-corrected chi connectivity index (χ0v) is 11.6. The predicted octanol–water partition coefficient (Wildman–Crippen LogP) is 1.63. The second-order valence-electron chi connectivity index (χ2n) is 4.73. The predicted molar refractivity (Wildman–Crippen MR) is 73.0 cm³/mol. The fraction of sp³-hybridized carbons (Fsp3) is 0.583. The Hall–Kier alpha value is -1.63. The molecule has 0 aliphatic heterocycles. The lowest BCUT2D eigenvalue weighted by atomic mass is 9.67. The SMILES string of the molecule is CCC(NC(=O)C1(/C(N)=N/O)CCC1)c1nccs1. The molecular weight excluding hydrogens is 264 g/mol. The number of hydrogen-bond donors (Lipinski definition) is 3. The van der Waals surface area contributed by atoms with E-state index >= 15 is 0 Å². The van der Waals surface area contributed by atoms with Gasteiger partial charge in [0.1, 0.15) is 10.4 Å². The summed E-state index contributed by atoms with van der Waals surface area (Å²) in [6.07, 6.45) is 4.65. The number of nitrogens with zero attached hydrogens (tertiary/aromatic N) is 2. The summed E-state index contributed by atoms with van der Waals surface area (Å²) in [6, 6.07) is -0.114. The van der Waals surface area contributed by atoms with Gasteiger partial charge in [0.15, 0.2) is 5.84 Å². The largest absolute Gasteiger partial charge is 0.409 e. The number of rotatable bonds is 5. The summed E-state index contributed by atoms with van der Waals surface area (Å²) in [5, 5.41) is 17.6. The number of hydrogen-bond acceptors (Lipinski definition) is 5. The van der Waals surface area contributed by atoms with Crippen LogP contribution in [0.25, 0.3) is 0 Å². The third kappa shape index (κ3) is 2.42. The van der Waals surface area contributed by atoms with Crippen molar-refractivity contribution in [3.8, 4) is 0 Å². The number of amides is 1. The first-order chi connectivity index (χ1) is 9.14. The van der Waals surface area contributed by atoms with Crippen LogP contribution in [0.4, 0.5) is 0 Å². The van der Waals surface area contributed by atoms with Gasteiger partial charge >= 0.3 is 0 Å². The third-order valence-corrected chi connectivity index (χ3v) is 4.59. The number of carbonyl (C=O) groups is 1. The van der Waals surface area contributed by atoms with Crippen molar-refractivity contribution in [2.75, 3.05) is 0 Å². The van der Waals surface area contributed by atoms with Crippen LogP contribution < -0.4 is 11.1 Å². The highest BCUT2D eigenvalue weighted by atomic mass is 32.1. The minimum Gasteiger partial charge on any atom is -0.409 e. The molecule has 1 aromatic rings. The van der Waals surface area contributed by atoms with E-state index in [1.807, 2.05) is 12.3 Å². The number of thiazole rings is 1. The molecule has 1 aromatic heterocycles. The van der Waals surface area contributed by atoms with E-state index in [0.29, 0.717) is 12.8 Å². The van der Waals surface area contributed by atoms with Crippen molar-refractivity contribution in [3.05, 3.63) is 16.6 Å². The molecule has 0 bridgehead atoms. The number of oxime groups is 1. The van der Waals surface area contributed by atoms with Gasteiger partial charge in [0.25, 0.3) is 0 Å². The van der Waals surface area contributed by atoms with Crippen LogP contribution in [0.1, 0.15) is 43.7 Å². The Morgan fingerprint density at radius 2 is 2.47 bits per heavy atom. The number of aromatic nitrogens is 1. The molecular formula is C12H18N4O2S. The van der Waals surface area contributed by atoms with Gasteiger partial charge in [0, 0.05) is 11.6 Å². The lowest BCUT2D eigenvalue weighted by Gasteiger charge is -2.39. The molecule has 1 aliphatic rings. The zero-order chi connectivity index (χ0) is 13.9. The molecule has 0 saturated heterocycles. The van der Waals surface area contributed by atoms with Crippen molar-refractivity contribution in [2.24, 2.45) is 16.3 Å². The summed E-state index contributed by atoms with van der Waals surface area (Å²) >= 11 is 1.51. The molecule has 1 amide bonds. The molecule has 1 aliphatic carbocycles. The average molecular weight is 282 g/mol. The van der Waals surface area contributed by atoms with E-state index in [0.717, 1.165) is 17.8 Å². The molecule has 1 atom stereocenters. The standard InChI is InChI=1S/C12H18N4O2S/c1-2-8(9-14-6-7-19-9)15-11(17)12(4-3-5-12)10(13)16-18/h6-8,18H,2-5H2,1H3,(H2,13,16)(H,15,17). The van der Waals surface area contributed by atoms with Gasteiger partial charge in [-0.15, -0.1) is 11.3 Å². The maximum atomic E-state index is 12.4. The summed E-state index contributed by atoms with van der Waals surface area (Å²) in [7, 11) is 0. The van der Waals surface area contributed by atoms with E-state index in [-0.39, 0.29) is 17.8 Å². The van der Waals surface area contributed by atoms with Crippen LogP contribution in [0.15, 0.2) is 16.7 Å². The fourth-order valence-corrected chi connectivity index (χ4v) is 3.04. The van der Waals surface area contributed by atoms with Crippen molar-refractivity contribution in [1.29, 1.82) is 0 Å². The average Bonchev–Trinajstić information content (AvgIpc) is 2.87. The topological polar surface area (TPSA) is 101 Å². The molecule has 2 rings (SSSR count). The fourth-order valence-electron chi connectivity index (χ4n) is 2.27. The molecule has 0 spiro atoms. The maximum absolute atomic E-state index is 12.4. The number of nitrogens with one attached hydrogen (secondary N) is 1.